The first-order chi connectivity index (χ1) is 13.0. The minimum Gasteiger partial charge on any atom is -0.497 e. The van der Waals surface area contributed by atoms with Gasteiger partial charge in [-0.1, -0.05) is 0 Å². The number of aryl methyl sites for hydroxylation is 1. The van der Waals surface area contributed by atoms with Crippen LogP contribution in [0.3, 0.4) is 0 Å². The van der Waals surface area contributed by atoms with Gasteiger partial charge in [0.2, 0.25) is 6.33 Å². The van der Waals surface area contributed by atoms with Crippen molar-refractivity contribution in [3.8, 4) is 11.4 Å². The van der Waals surface area contributed by atoms with E-state index in [1.807, 2.05) is 54.6 Å². The van der Waals surface area contributed by atoms with Crippen LogP contribution in [0.25, 0.3) is 9.81 Å². The van der Waals surface area contributed by atoms with Crippen LogP contribution in [0.4, 0.5) is 26.3 Å². The van der Waals surface area contributed by atoms with Crippen molar-refractivity contribution in [3.05, 3.63) is 47.1 Å². The molecule has 0 fully saturated rings. The summed E-state index contributed by atoms with van der Waals surface area (Å²) in [5, 5.41) is 0. The smallest absolute Gasteiger partial charge is 0.480 e. The maximum Gasteiger partial charge on any atom is 0.480 e. The first-order valence-electron chi connectivity index (χ1n) is 7.04. The predicted octanol–water partition coefficient (Wildman–Crippen LogP) is 2.37. The average Bonchev–Trinajstić information content (AvgIpc) is 2.99. The molecule has 1 heterocycles. The number of nitrogens with zero attached hydrogens (tertiary/aromatic N) is 3. The van der Waals surface area contributed by atoms with Gasteiger partial charge in [0.15, 0.2) is 20.0 Å². The first-order valence-corrected chi connectivity index (χ1v) is 9.92. The molecule has 0 bridgehead atoms. The second-order valence-electron chi connectivity index (χ2n) is 5.10. The molecule has 0 N–H and O–H groups in total. The van der Waals surface area contributed by atoms with Crippen molar-refractivity contribution >= 4 is 20.0 Å². The monoisotopic (exact) mass is 469 g/mol. The zero-order valence-electron chi connectivity index (χ0n) is 14.5. The molecule has 2 rings (SSSR count). The summed E-state index contributed by atoms with van der Waals surface area (Å²) < 4.78 is 118. The van der Waals surface area contributed by atoms with Gasteiger partial charge in [0.25, 0.3) is 0 Å². The third kappa shape index (κ3) is 6.60. The number of benzene rings is 1. The van der Waals surface area contributed by atoms with Crippen molar-refractivity contribution in [3.63, 3.8) is 0 Å². The third-order valence-corrected chi connectivity index (χ3v) is 5.66. The molecule has 0 radical (unpaired) electrons. The summed E-state index contributed by atoms with van der Waals surface area (Å²) >= 11 is 0. The summed E-state index contributed by atoms with van der Waals surface area (Å²) in [5.41, 5.74) is -11.3. The second-order valence-corrected chi connectivity index (χ2v) is 8.52. The Morgan fingerprint density at radius 2 is 1.38 bits per heavy atom. The molecule has 0 unspecified atom stereocenters. The van der Waals surface area contributed by atoms with Gasteiger partial charge in [-0.15, -0.1) is 0 Å². The molecule has 2 aromatic rings. The lowest BCUT2D eigenvalue weighted by molar-refractivity contribution is -0.670. The number of imidazole rings is 1. The highest BCUT2D eigenvalue weighted by Crippen LogP contribution is 2.36. The van der Waals surface area contributed by atoms with Crippen LogP contribution in [-0.4, -0.2) is 39.5 Å². The van der Waals surface area contributed by atoms with E-state index in [1.54, 1.807) is 7.11 Å². The maximum atomic E-state index is 11.4. The molecular weight excluding hydrogens is 456 g/mol. The maximum absolute atomic E-state index is 11.4. The van der Waals surface area contributed by atoms with Crippen LogP contribution in [0.2, 0.25) is 0 Å². The van der Waals surface area contributed by atoms with Gasteiger partial charge in [0.05, 0.1) is 14.2 Å². The molecule has 0 atom stereocenters. The lowest BCUT2D eigenvalue weighted by Gasteiger charge is -2.22. The molecule has 164 valence electrons. The van der Waals surface area contributed by atoms with Crippen molar-refractivity contribution in [2.24, 2.45) is 7.05 Å². The molecule has 0 saturated carbocycles. The van der Waals surface area contributed by atoms with E-state index in [0.29, 0.717) is 0 Å². The fraction of sp³-hybridized carbons (Fsp3) is 0.308. The van der Waals surface area contributed by atoms with Crippen molar-refractivity contribution in [2.75, 3.05) is 7.11 Å². The zero-order valence-corrected chi connectivity index (χ0v) is 16.1. The van der Waals surface area contributed by atoms with E-state index in [4.69, 9.17) is 4.74 Å². The van der Waals surface area contributed by atoms with Crippen LogP contribution in [0, 0.1) is 0 Å². The van der Waals surface area contributed by atoms with Gasteiger partial charge < -0.3 is 8.86 Å². The number of methoxy groups -OCH3 is 1. The molecule has 0 saturated heterocycles. The molecule has 0 aliphatic rings. The Morgan fingerprint density at radius 1 is 0.931 bits per heavy atom. The van der Waals surface area contributed by atoms with Crippen molar-refractivity contribution in [2.45, 2.75) is 11.0 Å². The minimum atomic E-state index is -6.72. The van der Waals surface area contributed by atoms with Gasteiger partial charge in [-0.2, -0.15) is 26.3 Å². The molecule has 1 aromatic carbocycles. The van der Waals surface area contributed by atoms with E-state index >= 15 is 0 Å². The van der Waals surface area contributed by atoms with Gasteiger partial charge in [-0.05, 0) is 24.3 Å². The van der Waals surface area contributed by atoms with E-state index in [-0.39, 0.29) is 0 Å². The summed E-state index contributed by atoms with van der Waals surface area (Å²) in [6.07, 6.45) is 6.04. The number of rotatable bonds is 4. The van der Waals surface area contributed by atoms with E-state index in [9.17, 15) is 43.2 Å². The Hall–Kier alpha value is -2.33. The Labute approximate surface area is 161 Å². The van der Waals surface area contributed by atoms with Crippen LogP contribution in [-0.2, 0) is 27.1 Å². The van der Waals surface area contributed by atoms with Gasteiger partial charge >= 0.3 is 11.0 Å². The van der Waals surface area contributed by atoms with Crippen molar-refractivity contribution in [1.82, 2.24) is 4.57 Å². The summed E-state index contributed by atoms with van der Waals surface area (Å²) in [6, 6.07) is 7.96. The fourth-order valence-corrected chi connectivity index (χ4v) is 3.28. The predicted molar refractivity (Wildman–Crippen MR) is 86.8 cm³/mol. The number of ether oxygens (including phenoxy) is 1. The largest absolute Gasteiger partial charge is 0.497 e. The Morgan fingerprint density at radius 3 is 1.69 bits per heavy atom. The molecule has 0 aliphatic carbocycles. The SMILES string of the molecule is COc1ccc(-n2cc[n+](C)c2)cc1.O=S(=O)([N-]S(=O)(=O)C(F)(F)F)C(F)(F)F. The molecule has 16 heteroatoms. The summed E-state index contributed by atoms with van der Waals surface area (Å²) in [4.78, 5) is 0. The summed E-state index contributed by atoms with van der Waals surface area (Å²) in [6.45, 7) is 0. The average molecular weight is 469 g/mol. The van der Waals surface area contributed by atoms with Gasteiger partial charge in [0.1, 0.15) is 23.8 Å². The summed E-state index contributed by atoms with van der Waals surface area (Å²) in [7, 11) is -9.77. The Bertz CT molecular complexity index is 986. The normalized spacial score (nSPS) is 12.8. The van der Waals surface area contributed by atoms with E-state index in [2.05, 4.69) is 4.57 Å². The van der Waals surface area contributed by atoms with Crippen LogP contribution in [0.5, 0.6) is 5.75 Å². The highest BCUT2D eigenvalue weighted by atomic mass is 32.3. The lowest BCUT2D eigenvalue weighted by Crippen LogP contribution is -2.30. The highest BCUT2D eigenvalue weighted by Gasteiger charge is 2.46. The summed E-state index contributed by atoms with van der Waals surface area (Å²) in [5.74, 6) is 0.880. The standard InChI is InChI=1S/C11H13N2O.C2F6NO4S2/c1-12-7-8-13(9-12)10-3-5-11(14-2)6-4-10;3-1(4,5)14(10,11)9-15(12,13)2(6,7)8/h3-9H,1-2H3;/q+1;-1. The lowest BCUT2D eigenvalue weighted by atomic mass is 10.3. The minimum absolute atomic E-state index is 0.778. The number of alkyl halides is 6. The molecule has 0 amide bonds. The van der Waals surface area contributed by atoms with E-state index in [0.717, 1.165) is 15.6 Å². The number of hydrogen-bond donors (Lipinski definition) is 0. The second kappa shape index (κ2) is 8.58. The number of sulfonamides is 2. The highest BCUT2D eigenvalue weighted by molar-refractivity contribution is 8.13. The Kier molecular flexibility index (Phi) is 7.31. The van der Waals surface area contributed by atoms with Crippen molar-refractivity contribution in [1.29, 1.82) is 0 Å². The molecule has 29 heavy (non-hydrogen) atoms. The molecular formula is C13H13F6N3O5S2. The third-order valence-electron chi connectivity index (χ3n) is 2.92. The van der Waals surface area contributed by atoms with Crippen LogP contribution in [0.1, 0.15) is 0 Å². The number of halogens is 6. The van der Waals surface area contributed by atoms with Crippen LogP contribution < -0.4 is 9.30 Å². The molecule has 0 aliphatic heterocycles. The fourth-order valence-electron chi connectivity index (χ4n) is 1.57. The topological polar surface area (TPSA) is 100 Å². The van der Waals surface area contributed by atoms with E-state index < -0.39 is 31.1 Å². The zero-order chi connectivity index (χ0) is 22.7. The van der Waals surface area contributed by atoms with Gasteiger partial charge in [0, 0.05) is 0 Å². The quantitative estimate of drug-likeness (QED) is 0.506. The molecule has 8 nitrogen and oxygen atoms in total. The number of hydrogen-bond acceptors (Lipinski definition) is 5. The number of aromatic nitrogens is 2. The van der Waals surface area contributed by atoms with Gasteiger partial charge in [-0.25, -0.2) is 26.0 Å². The van der Waals surface area contributed by atoms with Gasteiger partial charge in [-0.3, -0.25) is 0 Å². The van der Waals surface area contributed by atoms with Crippen LogP contribution >= 0.6 is 0 Å². The molecule has 1 aromatic heterocycles. The molecule has 0 spiro atoms. The van der Waals surface area contributed by atoms with E-state index in [1.165, 1.54) is 0 Å². The van der Waals surface area contributed by atoms with Crippen LogP contribution in [0.15, 0.2) is 43.0 Å². The van der Waals surface area contributed by atoms with Crippen molar-refractivity contribution < 1.29 is 52.5 Å². The Balaban J connectivity index is 0.000000290. The first kappa shape index (κ1) is 24.7.